The predicted octanol–water partition coefficient (Wildman–Crippen LogP) is 0.746. The molecule has 0 saturated carbocycles. The molecule has 0 aliphatic heterocycles. The van der Waals surface area contributed by atoms with Gasteiger partial charge in [0.1, 0.15) is 6.04 Å². The molecule has 0 bridgehead atoms. The van der Waals surface area contributed by atoms with Crippen LogP contribution in [0.2, 0.25) is 0 Å². The van der Waals surface area contributed by atoms with Crippen LogP contribution < -0.4 is 16.4 Å². The van der Waals surface area contributed by atoms with Gasteiger partial charge in [-0.05, 0) is 18.2 Å². The van der Waals surface area contributed by atoms with Crippen molar-refractivity contribution in [2.45, 2.75) is 12.5 Å². The van der Waals surface area contributed by atoms with E-state index in [0.29, 0.717) is 5.69 Å². The van der Waals surface area contributed by atoms with Crippen molar-refractivity contribution in [2.75, 3.05) is 5.32 Å². The van der Waals surface area contributed by atoms with Gasteiger partial charge in [0, 0.05) is 5.69 Å². The summed E-state index contributed by atoms with van der Waals surface area (Å²) in [6.45, 7) is 0. The van der Waals surface area contributed by atoms with Crippen molar-refractivity contribution in [2.24, 2.45) is 5.73 Å². The maximum Gasteiger partial charge on any atom is 0.326 e. The second-order valence-corrected chi connectivity index (χ2v) is 5.08. The summed E-state index contributed by atoms with van der Waals surface area (Å²) in [5.41, 5.74) is 7.91. The monoisotopic (exact) mass is 308 g/mol. The molecule has 5 N–H and O–H groups in total. The number of carbonyl (C=O) groups is 3. The van der Waals surface area contributed by atoms with E-state index >= 15 is 0 Å². The van der Waals surface area contributed by atoms with E-state index < -0.39 is 30.4 Å². The maximum atomic E-state index is 11.7. The molecule has 1 aromatic carbocycles. The minimum atomic E-state index is -1.37. The first-order chi connectivity index (χ1) is 9.95. The number of carboxylic acids is 1. The number of carbonyl (C=O) groups excluding carboxylic acids is 2. The fourth-order valence-electron chi connectivity index (χ4n) is 1.66. The molecule has 9 heteroatoms. The Bertz CT molecular complexity index is 699. The highest BCUT2D eigenvalue weighted by Crippen LogP contribution is 2.21. The molecular formula is C12H12N4O4S. The maximum absolute atomic E-state index is 11.7. The average Bonchev–Trinajstić information content (AvgIpc) is 2.84. The van der Waals surface area contributed by atoms with Crippen molar-refractivity contribution in [3.63, 3.8) is 0 Å². The van der Waals surface area contributed by atoms with E-state index in [9.17, 15) is 14.4 Å². The third-order valence-corrected chi connectivity index (χ3v) is 3.39. The number of aliphatic carboxylic acids is 1. The number of anilines is 1. The summed E-state index contributed by atoms with van der Waals surface area (Å²) in [5, 5.41) is 13.6. The lowest BCUT2D eigenvalue weighted by Gasteiger charge is -2.13. The second-order valence-electron chi connectivity index (χ2n) is 4.19. The smallest absolute Gasteiger partial charge is 0.326 e. The molecule has 0 radical (unpaired) electrons. The average molecular weight is 308 g/mol. The van der Waals surface area contributed by atoms with Gasteiger partial charge in [0.2, 0.25) is 5.91 Å². The van der Waals surface area contributed by atoms with Crippen molar-refractivity contribution in [1.29, 1.82) is 0 Å². The van der Waals surface area contributed by atoms with E-state index in [1.165, 1.54) is 11.3 Å². The summed E-state index contributed by atoms with van der Waals surface area (Å²) in [6, 6.07) is 3.00. The van der Waals surface area contributed by atoms with Gasteiger partial charge in [-0.1, -0.05) is 0 Å². The number of carboxylic acid groups (broad SMARTS) is 1. The number of nitrogens with zero attached hydrogens (tertiary/aromatic N) is 1. The summed E-state index contributed by atoms with van der Waals surface area (Å²) >= 11 is 1.42. The van der Waals surface area contributed by atoms with Crippen LogP contribution in [-0.4, -0.2) is 34.0 Å². The van der Waals surface area contributed by atoms with Crippen molar-refractivity contribution in [1.82, 2.24) is 10.3 Å². The molecule has 21 heavy (non-hydrogen) atoms. The van der Waals surface area contributed by atoms with Gasteiger partial charge < -0.3 is 21.5 Å². The van der Waals surface area contributed by atoms with Gasteiger partial charge in [-0.2, -0.15) is 0 Å². The van der Waals surface area contributed by atoms with Crippen LogP contribution in [0.5, 0.6) is 0 Å². The molecule has 1 unspecified atom stereocenters. The van der Waals surface area contributed by atoms with E-state index in [2.05, 4.69) is 15.6 Å². The lowest BCUT2D eigenvalue weighted by Crippen LogP contribution is -2.45. The highest BCUT2D eigenvalue weighted by molar-refractivity contribution is 7.16. The molecule has 0 aliphatic rings. The molecule has 0 saturated heterocycles. The predicted molar refractivity (Wildman–Crippen MR) is 77.0 cm³/mol. The number of rotatable bonds is 5. The van der Waals surface area contributed by atoms with Crippen molar-refractivity contribution < 1.29 is 19.5 Å². The molecule has 0 fully saturated rings. The number of hydrogen-bond acceptors (Lipinski definition) is 5. The number of amides is 3. The van der Waals surface area contributed by atoms with E-state index in [1.807, 2.05) is 0 Å². The Morgan fingerprint density at radius 1 is 1.38 bits per heavy atom. The molecule has 1 heterocycles. The Kier molecular flexibility index (Phi) is 4.33. The summed E-state index contributed by atoms with van der Waals surface area (Å²) in [5.74, 6) is -2.14. The van der Waals surface area contributed by atoms with Crippen molar-refractivity contribution in [3.05, 3.63) is 23.7 Å². The fourth-order valence-corrected chi connectivity index (χ4v) is 2.38. The molecule has 2 aromatic rings. The van der Waals surface area contributed by atoms with Crippen molar-refractivity contribution >= 4 is 45.1 Å². The van der Waals surface area contributed by atoms with Crippen molar-refractivity contribution in [3.8, 4) is 0 Å². The number of thiazole rings is 1. The number of nitrogens with one attached hydrogen (secondary N) is 2. The molecular weight excluding hydrogens is 296 g/mol. The van der Waals surface area contributed by atoms with Gasteiger partial charge >= 0.3 is 12.0 Å². The standard InChI is InChI=1S/C12H12N4O4S/c13-10(17)4-8(11(18)19)16-12(20)15-6-1-2-7-9(3-6)21-5-14-7/h1-3,5,8H,4H2,(H2,13,17)(H,18,19)(H2,15,16,20). The number of fused-ring (bicyclic) bond motifs is 1. The number of aromatic nitrogens is 1. The zero-order valence-electron chi connectivity index (χ0n) is 10.7. The van der Waals surface area contributed by atoms with E-state index in [4.69, 9.17) is 10.8 Å². The molecule has 3 amide bonds. The molecule has 1 atom stereocenters. The zero-order valence-corrected chi connectivity index (χ0v) is 11.5. The van der Waals surface area contributed by atoms with Crippen LogP contribution in [0.25, 0.3) is 10.2 Å². The lowest BCUT2D eigenvalue weighted by atomic mass is 10.2. The first-order valence-corrected chi connectivity index (χ1v) is 6.75. The molecule has 2 rings (SSSR count). The Labute approximate surface area is 123 Å². The molecule has 110 valence electrons. The zero-order chi connectivity index (χ0) is 15.4. The van der Waals surface area contributed by atoms with Gasteiger partial charge in [-0.25, -0.2) is 14.6 Å². The minimum Gasteiger partial charge on any atom is -0.480 e. The first kappa shape index (κ1) is 14.7. The Hall–Kier alpha value is -2.68. The summed E-state index contributed by atoms with van der Waals surface area (Å²) < 4.78 is 0.889. The van der Waals surface area contributed by atoms with E-state index in [0.717, 1.165) is 10.2 Å². The molecule has 0 spiro atoms. The molecule has 0 aliphatic carbocycles. The molecule has 1 aromatic heterocycles. The minimum absolute atomic E-state index is 0.476. The summed E-state index contributed by atoms with van der Waals surface area (Å²) in [7, 11) is 0. The summed E-state index contributed by atoms with van der Waals surface area (Å²) in [6.07, 6.45) is -0.476. The number of nitrogens with two attached hydrogens (primary N) is 1. The van der Waals surface area contributed by atoms with Gasteiger partial charge in [-0.15, -0.1) is 11.3 Å². The SMILES string of the molecule is NC(=O)CC(NC(=O)Nc1ccc2ncsc2c1)C(=O)O. The van der Waals surface area contributed by atoms with Crippen LogP contribution in [0.1, 0.15) is 6.42 Å². The highest BCUT2D eigenvalue weighted by atomic mass is 32.1. The van der Waals surface area contributed by atoms with E-state index in [-0.39, 0.29) is 0 Å². The normalized spacial score (nSPS) is 11.8. The third-order valence-electron chi connectivity index (χ3n) is 2.60. The van der Waals surface area contributed by atoms with Crippen LogP contribution >= 0.6 is 11.3 Å². The van der Waals surface area contributed by atoms with Gasteiger partial charge in [0.05, 0.1) is 22.1 Å². The second kappa shape index (κ2) is 6.18. The highest BCUT2D eigenvalue weighted by Gasteiger charge is 2.22. The fraction of sp³-hybridized carbons (Fsp3) is 0.167. The number of primary amides is 1. The van der Waals surface area contributed by atoms with Crippen LogP contribution in [0.3, 0.4) is 0 Å². The van der Waals surface area contributed by atoms with E-state index in [1.54, 1.807) is 23.7 Å². The Balaban J connectivity index is 2.02. The number of hydrogen-bond donors (Lipinski definition) is 4. The number of urea groups is 1. The Morgan fingerprint density at radius 3 is 2.81 bits per heavy atom. The first-order valence-electron chi connectivity index (χ1n) is 5.87. The Morgan fingerprint density at radius 2 is 2.14 bits per heavy atom. The van der Waals surface area contributed by atoms with Gasteiger partial charge in [-0.3, -0.25) is 4.79 Å². The summed E-state index contributed by atoms with van der Waals surface area (Å²) in [4.78, 5) is 37.5. The topological polar surface area (TPSA) is 134 Å². The van der Waals surface area contributed by atoms with Gasteiger partial charge in [0.25, 0.3) is 0 Å². The van der Waals surface area contributed by atoms with Crippen LogP contribution in [0.15, 0.2) is 23.7 Å². The quantitative estimate of drug-likeness (QED) is 0.646. The van der Waals surface area contributed by atoms with Crippen LogP contribution in [0, 0.1) is 0 Å². The third kappa shape index (κ3) is 3.89. The van der Waals surface area contributed by atoms with Crippen LogP contribution in [0.4, 0.5) is 10.5 Å². The number of benzene rings is 1. The largest absolute Gasteiger partial charge is 0.480 e. The lowest BCUT2D eigenvalue weighted by molar-refractivity contribution is -0.140. The van der Waals surface area contributed by atoms with Gasteiger partial charge in [0.15, 0.2) is 0 Å². The van der Waals surface area contributed by atoms with Crippen LogP contribution in [-0.2, 0) is 9.59 Å². The molecule has 8 nitrogen and oxygen atoms in total.